The Kier molecular flexibility index (Phi) is 35.5. The van der Waals surface area contributed by atoms with Crippen molar-refractivity contribution >= 4 is 0 Å². The number of aliphatic hydroxyl groups excluding tert-OH is 2. The molecule has 0 aromatic heterocycles. The zero-order valence-electron chi connectivity index (χ0n) is 32.1. The van der Waals surface area contributed by atoms with Crippen LogP contribution in [0.4, 0.5) is 0 Å². The minimum atomic E-state index is -2.38. The third-order valence-electron chi connectivity index (χ3n) is 8.80. The van der Waals surface area contributed by atoms with Crippen molar-refractivity contribution in [1.82, 2.24) is 4.90 Å². The van der Waals surface area contributed by atoms with Crippen LogP contribution in [-0.2, 0) is 9.47 Å². The predicted octanol–water partition coefficient (Wildman–Crippen LogP) is 10.2. The lowest BCUT2D eigenvalue weighted by Crippen LogP contribution is -2.57. The second kappa shape index (κ2) is 36.5. The van der Waals surface area contributed by atoms with Crippen molar-refractivity contribution in [1.29, 1.82) is 0 Å². The van der Waals surface area contributed by atoms with Gasteiger partial charge in [-0.3, -0.25) is 0 Å². The van der Waals surface area contributed by atoms with E-state index in [4.69, 9.17) is 9.47 Å². The first-order valence-electron chi connectivity index (χ1n) is 20.2. The van der Waals surface area contributed by atoms with E-state index in [0.717, 1.165) is 69.6 Å². The molecule has 0 bridgehead atoms. The molecular formula is C42H79NO6. The molecule has 0 saturated heterocycles. The fourth-order valence-electron chi connectivity index (χ4n) is 5.61. The molecule has 0 aliphatic carbocycles. The highest BCUT2D eigenvalue weighted by atomic mass is 16.6. The summed E-state index contributed by atoms with van der Waals surface area (Å²) in [5.41, 5.74) is 0. The van der Waals surface area contributed by atoms with Crippen LogP contribution in [0, 0.1) is 0 Å². The zero-order chi connectivity index (χ0) is 36.1. The number of rotatable bonds is 37. The lowest BCUT2D eigenvalue weighted by Gasteiger charge is -2.37. The Bertz CT molecular complexity index is 791. The molecule has 7 nitrogen and oxygen atoms in total. The number of allylic oxidation sites excluding steroid dienone is 8. The molecule has 2 atom stereocenters. The number of hydrogen-bond donors (Lipinski definition) is 4. The Hall–Kier alpha value is -1.32. The molecule has 0 rings (SSSR count). The van der Waals surface area contributed by atoms with Gasteiger partial charge in [-0.15, -0.1) is 0 Å². The Balaban J connectivity index is 4.09. The van der Waals surface area contributed by atoms with Gasteiger partial charge in [-0.25, -0.2) is 4.90 Å². The minimum absolute atomic E-state index is 0.121. The molecule has 0 aliphatic rings. The average molecular weight is 694 g/mol. The summed E-state index contributed by atoms with van der Waals surface area (Å²) in [5.74, 6) is -2.38. The summed E-state index contributed by atoms with van der Waals surface area (Å²) in [7, 11) is 0. The zero-order valence-corrected chi connectivity index (χ0v) is 32.1. The van der Waals surface area contributed by atoms with E-state index in [1.54, 1.807) is 0 Å². The van der Waals surface area contributed by atoms with Gasteiger partial charge in [0.15, 0.2) is 0 Å². The van der Waals surface area contributed by atoms with E-state index in [0.29, 0.717) is 13.2 Å². The number of nitrogens with zero attached hydrogens (tertiary/aromatic N) is 1. The summed E-state index contributed by atoms with van der Waals surface area (Å²) < 4.78 is 11.8. The molecule has 4 N–H and O–H groups in total. The lowest BCUT2D eigenvalue weighted by molar-refractivity contribution is -0.317. The van der Waals surface area contributed by atoms with Gasteiger partial charge in [-0.2, -0.15) is 0 Å². The van der Waals surface area contributed by atoms with Gasteiger partial charge in [0.2, 0.25) is 5.91 Å². The average Bonchev–Trinajstić information content (AvgIpc) is 3.07. The number of hydrogen-bond acceptors (Lipinski definition) is 7. The standard InChI is InChI=1S/C42H79NO6/c1-4-6-8-10-12-14-16-18-20-22-24-26-28-30-32-34-36-48-38-40(41(45)43(39-44)42(3,46)47)49-37-35-33-31-29-27-25-23-21-19-17-15-13-11-9-7-5-2/h12-15,18-21,40-41,44-47H,4-11,16-17,22-39H2,1-3H3/b14-12-,15-13-,20-18-,21-19-. The maximum absolute atomic E-state index is 10.8. The van der Waals surface area contributed by atoms with Crippen molar-refractivity contribution in [3.8, 4) is 0 Å². The van der Waals surface area contributed by atoms with Crippen LogP contribution in [0.2, 0.25) is 0 Å². The van der Waals surface area contributed by atoms with Gasteiger partial charge in [0.25, 0.3) is 0 Å². The van der Waals surface area contributed by atoms with Crippen LogP contribution in [0.3, 0.4) is 0 Å². The Morgan fingerprint density at radius 2 is 0.939 bits per heavy atom. The molecule has 0 aromatic carbocycles. The molecule has 0 amide bonds. The van der Waals surface area contributed by atoms with Gasteiger partial charge in [-0.05, 0) is 77.0 Å². The van der Waals surface area contributed by atoms with E-state index in [1.165, 1.54) is 96.3 Å². The predicted molar refractivity (Wildman–Crippen MR) is 207 cm³/mol. The van der Waals surface area contributed by atoms with Crippen molar-refractivity contribution in [3.63, 3.8) is 0 Å². The fraction of sp³-hybridized carbons (Fsp3) is 0.810. The lowest BCUT2D eigenvalue weighted by atomic mass is 10.1. The third kappa shape index (κ3) is 32.3. The highest BCUT2D eigenvalue weighted by Crippen LogP contribution is 2.17. The normalized spacial score (nSPS) is 14.1. The van der Waals surface area contributed by atoms with Gasteiger partial charge in [-0.1, -0.05) is 140 Å². The molecule has 0 aromatic rings. The van der Waals surface area contributed by atoms with E-state index >= 15 is 0 Å². The first kappa shape index (κ1) is 47.7. The molecular weight excluding hydrogens is 614 g/mol. The first-order valence-corrected chi connectivity index (χ1v) is 20.2. The molecule has 0 heterocycles. The van der Waals surface area contributed by atoms with Crippen LogP contribution >= 0.6 is 0 Å². The van der Waals surface area contributed by atoms with E-state index in [-0.39, 0.29) is 6.61 Å². The van der Waals surface area contributed by atoms with Crippen LogP contribution in [0.15, 0.2) is 48.6 Å². The molecule has 288 valence electrons. The minimum Gasteiger partial charge on any atom is -0.381 e. The van der Waals surface area contributed by atoms with E-state index in [9.17, 15) is 20.4 Å². The van der Waals surface area contributed by atoms with Crippen molar-refractivity contribution < 1.29 is 29.9 Å². The topological polar surface area (TPSA) is 103 Å². The van der Waals surface area contributed by atoms with Crippen LogP contribution in [0.25, 0.3) is 0 Å². The molecule has 0 aliphatic heterocycles. The van der Waals surface area contributed by atoms with Crippen molar-refractivity contribution in [2.24, 2.45) is 0 Å². The molecule has 0 radical (unpaired) electrons. The molecule has 49 heavy (non-hydrogen) atoms. The van der Waals surface area contributed by atoms with Crippen LogP contribution in [0.5, 0.6) is 0 Å². The Labute approximate surface area is 302 Å². The highest BCUT2D eigenvalue weighted by molar-refractivity contribution is 4.93. The second-order valence-electron chi connectivity index (χ2n) is 13.6. The molecule has 0 spiro atoms. The van der Waals surface area contributed by atoms with E-state index in [2.05, 4.69) is 62.5 Å². The molecule has 0 fully saturated rings. The van der Waals surface area contributed by atoms with Gasteiger partial charge < -0.3 is 29.9 Å². The molecule has 0 saturated carbocycles. The second-order valence-corrected chi connectivity index (χ2v) is 13.6. The Morgan fingerprint density at radius 3 is 1.35 bits per heavy atom. The first-order chi connectivity index (χ1) is 23.9. The summed E-state index contributed by atoms with van der Waals surface area (Å²) in [6, 6.07) is 0. The van der Waals surface area contributed by atoms with Gasteiger partial charge in [0.05, 0.1) is 6.61 Å². The molecule has 2 unspecified atom stereocenters. The number of aliphatic hydroxyl groups is 4. The van der Waals surface area contributed by atoms with Crippen LogP contribution < -0.4 is 0 Å². The van der Waals surface area contributed by atoms with Gasteiger partial charge >= 0.3 is 0 Å². The fourth-order valence-corrected chi connectivity index (χ4v) is 5.61. The van der Waals surface area contributed by atoms with Gasteiger partial charge in [0.1, 0.15) is 19.1 Å². The van der Waals surface area contributed by atoms with Gasteiger partial charge in [0, 0.05) is 20.1 Å². The summed E-state index contributed by atoms with van der Waals surface area (Å²) in [6.07, 6.45) is 44.2. The molecule has 7 heteroatoms. The highest BCUT2D eigenvalue weighted by Gasteiger charge is 2.36. The maximum atomic E-state index is 10.8. The smallest absolute Gasteiger partial charge is 0.225 e. The van der Waals surface area contributed by atoms with E-state index in [1.807, 2.05) is 0 Å². The SMILES string of the molecule is CCCCC/C=C\C/C=C\CCCCCCCCOCC(OCCCCCCCC/C=C\C/C=C\CCCCC)C(O)N(CO)C(C)(O)O. The Morgan fingerprint density at radius 1 is 0.551 bits per heavy atom. The number of unbranched alkanes of at least 4 members (excludes halogenated alkanes) is 18. The van der Waals surface area contributed by atoms with Crippen molar-refractivity contribution in [2.45, 2.75) is 193 Å². The summed E-state index contributed by atoms with van der Waals surface area (Å²) in [5, 5.41) is 40.5. The third-order valence-corrected chi connectivity index (χ3v) is 8.80. The largest absolute Gasteiger partial charge is 0.381 e. The van der Waals surface area contributed by atoms with Crippen LogP contribution in [-0.4, -0.2) is 70.1 Å². The number of ether oxygens (including phenoxy) is 2. The summed E-state index contributed by atoms with van der Waals surface area (Å²) >= 11 is 0. The van der Waals surface area contributed by atoms with E-state index < -0.39 is 25.0 Å². The maximum Gasteiger partial charge on any atom is 0.225 e. The monoisotopic (exact) mass is 694 g/mol. The summed E-state index contributed by atoms with van der Waals surface area (Å²) in [6.45, 7) is 5.99. The van der Waals surface area contributed by atoms with Crippen LogP contribution in [0.1, 0.15) is 175 Å². The van der Waals surface area contributed by atoms with Crippen molar-refractivity contribution in [3.05, 3.63) is 48.6 Å². The summed E-state index contributed by atoms with van der Waals surface area (Å²) in [4.78, 5) is 0.792. The quantitative estimate of drug-likeness (QED) is 0.0292. The van der Waals surface area contributed by atoms with Crippen molar-refractivity contribution in [2.75, 3.05) is 26.6 Å².